The van der Waals surface area contributed by atoms with Crippen LogP contribution in [0.4, 0.5) is 0 Å². The van der Waals surface area contributed by atoms with E-state index in [1.54, 1.807) is 0 Å². The van der Waals surface area contributed by atoms with Crippen LogP contribution in [0.2, 0.25) is 0 Å². The van der Waals surface area contributed by atoms with Gasteiger partial charge in [-0.1, -0.05) is 6.58 Å². The molecule has 0 bridgehead atoms. The molecule has 8 nitrogen and oxygen atoms in total. The van der Waals surface area contributed by atoms with E-state index in [2.05, 4.69) is 21.1 Å². The van der Waals surface area contributed by atoms with Crippen LogP contribution in [0.1, 0.15) is 6.92 Å². The molecule has 1 amide bonds. The molecule has 2 atom stereocenters. The van der Waals surface area contributed by atoms with Gasteiger partial charge in [-0.3, -0.25) is 13.5 Å². The fraction of sp³-hybridized carbons (Fsp3) is 0.600. The molecule has 1 aliphatic rings. The van der Waals surface area contributed by atoms with Gasteiger partial charge in [-0.15, -0.1) is 0 Å². The summed E-state index contributed by atoms with van der Waals surface area (Å²) in [5, 5.41) is 2.84. The number of hydrogen-bond donors (Lipinski definition) is 1. The van der Waals surface area contributed by atoms with Crippen molar-refractivity contribution in [2.24, 2.45) is 4.99 Å². The van der Waals surface area contributed by atoms with Crippen molar-refractivity contribution >= 4 is 22.6 Å². The Hall–Kier alpha value is -1.29. The standard InChI is InChI=1S/C9H15N3O.CH4O4S/c1-4-9(13)11-8(2)12(3)6-5-10-7-12;1-5-6(2,3)4/h4,7-8H,1,5-6H2,2-3H3;1H3,(H,2,3,4). The summed E-state index contributed by atoms with van der Waals surface area (Å²) in [5.41, 5.74) is 0. The average Bonchev–Trinajstić information content (AvgIpc) is 2.77. The summed E-state index contributed by atoms with van der Waals surface area (Å²) >= 11 is 0. The Morgan fingerprint density at radius 2 is 2.21 bits per heavy atom. The van der Waals surface area contributed by atoms with Gasteiger partial charge in [0.15, 0.2) is 12.5 Å². The number of amides is 1. The third-order valence-electron chi connectivity index (χ3n) is 2.68. The molecule has 0 aromatic rings. The Morgan fingerprint density at radius 3 is 2.53 bits per heavy atom. The molecule has 110 valence electrons. The monoisotopic (exact) mass is 293 g/mol. The van der Waals surface area contributed by atoms with E-state index in [-0.39, 0.29) is 12.1 Å². The first-order valence-electron chi connectivity index (χ1n) is 5.45. The molecule has 0 saturated heterocycles. The van der Waals surface area contributed by atoms with Gasteiger partial charge in [-0.05, 0) is 6.08 Å². The molecule has 1 rings (SSSR count). The van der Waals surface area contributed by atoms with Crippen LogP contribution in [0.3, 0.4) is 0 Å². The second-order valence-electron chi connectivity index (χ2n) is 4.06. The lowest BCUT2D eigenvalue weighted by Gasteiger charge is -2.31. The first-order chi connectivity index (χ1) is 8.64. The van der Waals surface area contributed by atoms with E-state index in [0.29, 0.717) is 4.48 Å². The number of aliphatic imine (C=N–C) groups is 1. The van der Waals surface area contributed by atoms with Gasteiger partial charge in [0.2, 0.25) is 16.3 Å². The maximum Gasteiger partial charge on any atom is 0.247 e. The van der Waals surface area contributed by atoms with Crippen LogP contribution in [0.15, 0.2) is 17.6 Å². The third-order valence-corrected chi connectivity index (χ3v) is 3.09. The second kappa shape index (κ2) is 7.34. The zero-order chi connectivity index (χ0) is 15.1. The Balaban J connectivity index is 0.000000459. The van der Waals surface area contributed by atoms with Crippen molar-refractivity contribution in [1.29, 1.82) is 0 Å². The summed E-state index contributed by atoms with van der Waals surface area (Å²) < 4.78 is 31.7. The van der Waals surface area contributed by atoms with Gasteiger partial charge in [-0.25, -0.2) is 13.4 Å². The molecule has 1 aliphatic heterocycles. The SMILES string of the molecule is C=CC(=O)NC(C)[N+]1(C)C=NCC1.COS(=O)(=O)[O-]. The molecule has 0 saturated carbocycles. The topological polar surface area (TPSA) is 108 Å². The minimum atomic E-state index is -4.41. The fourth-order valence-electron chi connectivity index (χ4n) is 1.28. The largest absolute Gasteiger partial charge is 0.726 e. The summed E-state index contributed by atoms with van der Waals surface area (Å²) in [6.45, 7) is 7.16. The third kappa shape index (κ3) is 7.01. The van der Waals surface area contributed by atoms with Crippen molar-refractivity contribution in [3.63, 3.8) is 0 Å². The highest BCUT2D eigenvalue weighted by atomic mass is 32.3. The molecule has 0 aromatic carbocycles. The van der Waals surface area contributed by atoms with Crippen LogP contribution in [0, 0.1) is 0 Å². The van der Waals surface area contributed by atoms with Gasteiger partial charge in [-0.2, -0.15) is 0 Å². The molecule has 2 unspecified atom stereocenters. The van der Waals surface area contributed by atoms with Crippen molar-refractivity contribution < 1.29 is 26.4 Å². The first kappa shape index (κ1) is 17.7. The number of likely N-dealkylation sites (N-methyl/N-ethyl adjacent to an activating group) is 1. The van der Waals surface area contributed by atoms with Crippen LogP contribution in [-0.2, 0) is 19.4 Å². The van der Waals surface area contributed by atoms with Crippen molar-refractivity contribution in [2.75, 3.05) is 27.2 Å². The Kier molecular flexibility index (Phi) is 6.84. The van der Waals surface area contributed by atoms with Crippen molar-refractivity contribution in [3.05, 3.63) is 12.7 Å². The van der Waals surface area contributed by atoms with E-state index < -0.39 is 10.4 Å². The van der Waals surface area contributed by atoms with Crippen molar-refractivity contribution in [1.82, 2.24) is 5.32 Å². The zero-order valence-corrected chi connectivity index (χ0v) is 12.0. The predicted octanol–water partition coefficient (Wildman–Crippen LogP) is -0.784. The number of carbonyl (C=O) groups excluding carboxylic acids is 1. The Bertz CT molecular complexity index is 448. The molecular formula is C10H19N3O5S. The van der Waals surface area contributed by atoms with Crippen molar-refractivity contribution in [2.45, 2.75) is 13.1 Å². The number of rotatable bonds is 4. The summed E-state index contributed by atoms with van der Waals surface area (Å²) in [5.74, 6) is -0.132. The molecule has 0 aliphatic carbocycles. The molecule has 1 heterocycles. The van der Waals surface area contributed by atoms with Crippen LogP contribution >= 0.6 is 0 Å². The molecule has 9 heteroatoms. The number of quaternary nitrogens is 1. The minimum absolute atomic E-state index is 0.0525. The van der Waals surface area contributed by atoms with E-state index in [0.717, 1.165) is 20.2 Å². The minimum Gasteiger partial charge on any atom is -0.726 e. The Labute approximate surface area is 113 Å². The number of hydrogen-bond acceptors (Lipinski definition) is 6. The normalized spacial score (nSPS) is 23.2. The number of nitrogens with zero attached hydrogens (tertiary/aromatic N) is 2. The summed E-state index contributed by atoms with van der Waals surface area (Å²) in [6.07, 6.45) is 3.22. The predicted molar refractivity (Wildman–Crippen MR) is 68.9 cm³/mol. The van der Waals surface area contributed by atoms with E-state index in [4.69, 9.17) is 0 Å². The molecule has 19 heavy (non-hydrogen) atoms. The summed E-state index contributed by atoms with van der Waals surface area (Å²) in [6, 6.07) is 0. The van der Waals surface area contributed by atoms with Gasteiger partial charge >= 0.3 is 0 Å². The van der Waals surface area contributed by atoms with Crippen molar-refractivity contribution in [3.8, 4) is 0 Å². The molecule has 1 N–H and O–H groups in total. The van der Waals surface area contributed by atoms with E-state index in [1.807, 2.05) is 20.3 Å². The van der Waals surface area contributed by atoms with E-state index in [1.165, 1.54) is 6.08 Å². The molecule has 0 fully saturated rings. The van der Waals surface area contributed by atoms with Crippen LogP contribution in [0.25, 0.3) is 0 Å². The number of nitrogens with one attached hydrogen (secondary N) is 1. The second-order valence-corrected chi connectivity index (χ2v) is 5.21. The smallest absolute Gasteiger partial charge is 0.247 e. The maximum absolute atomic E-state index is 11.0. The van der Waals surface area contributed by atoms with Gasteiger partial charge in [0, 0.05) is 6.92 Å². The van der Waals surface area contributed by atoms with Gasteiger partial charge in [0.1, 0.15) is 6.54 Å². The average molecular weight is 293 g/mol. The quantitative estimate of drug-likeness (QED) is 0.316. The lowest BCUT2D eigenvalue weighted by atomic mass is 10.3. The highest BCUT2D eigenvalue weighted by molar-refractivity contribution is 7.80. The fourth-order valence-corrected chi connectivity index (χ4v) is 1.28. The summed E-state index contributed by atoms with van der Waals surface area (Å²) in [4.78, 5) is 15.2. The highest BCUT2D eigenvalue weighted by Crippen LogP contribution is 2.09. The Morgan fingerprint density at radius 1 is 1.68 bits per heavy atom. The molecule has 0 aromatic heterocycles. The maximum atomic E-state index is 11.0. The lowest BCUT2D eigenvalue weighted by Crippen LogP contribution is -2.56. The van der Waals surface area contributed by atoms with Gasteiger partial charge in [0.05, 0.1) is 20.7 Å². The lowest BCUT2D eigenvalue weighted by molar-refractivity contribution is -0.835. The van der Waals surface area contributed by atoms with E-state index >= 15 is 0 Å². The van der Waals surface area contributed by atoms with Crippen LogP contribution in [-0.4, -0.2) is 63.1 Å². The summed E-state index contributed by atoms with van der Waals surface area (Å²) in [7, 11) is -1.56. The zero-order valence-electron chi connectivity index (χ0n) is 11.2. The molecule has 0 spiro atoms. The highest BCUT2D eigenvalue weighted by Gasteiger charge is 2.31. The van der Waals surface area contributed by atoms with E-state index in [9.17, 15) is 17.8 Å². The van der Waals surface area contributed by atoms with Crippen LogP contribution < -0.4 is 5.32 Å². The van der Waals surface area contributed by atoms with Gasteiger partial charge in [0.25, 0.3) is 0 Å². The first-order valence-corrected chi connectivity index (χ1v) is 6.78. The van der Waals surface area contributed by atoms with Gasteiger partial charge < -0.3 is 9.87 Å². The van der Waals surface area contributed by atoms with Crippen LogP contribution in [0.5, 0.6) is 0 Å². The molecule has 0 radical (unpaired) electrons. The number of carbonyl (C=O) groups is 1. The molecular weight excluding hydrogens is 274 g/mol.